The maximum absolute atomic E-state index is 12.6. The number of amides is 1. The Morgan fingerprint density at radius 2 is 1.68 bits per heavy atom. The number of rotatable bonds is 6. The molecule has 0 radical (unpaired) electrons. The second-order valence-electron chi connectivity index (χ2n) is 8.02. The van der Waals surface area contributed by atoms with Gasteiger partial charge in [0.25, 0.3) is 5.91 Å². The third-order valence-electron chi connectivity index (χ3n) is 5.50. The van der Waals surface area contributed by atoms with Crippen LogP contribution in [0.5, 0.6) is 0 Å². The number of nitrogens with one attached hydrogen (secondary N) is 1. The Bertz CT molecular complexity index is 847. The summed E-state index contributed by atoms with van der Waals surface area (Å²) in [4.78, 5) is 23.8. The summed E-state index contributed by atoms with van der Waals surface area (Å²) in [5.74, 6) is -1.74. The Balaban J connectivity index is 1.75. The Labute approximate surface area is 165 Å². The van der Waals surface area contributed by atoms with Gasteiger partial charge in [-0.1, -0.05) is 48.5 Å². The molecule has 5 heteroatoms. The van der Waals surface area contributed by atoms with Crippen molar-refractivity contribution in [3.05, 3.63) is 71.3 Å². The molecule has 0 saturated carbocycles. The van der Waals surface area contributed by atoms with E-state index in [0.29, 0.717) is 13.2 Å². The summed E-state index contributed by atoms with van der Waals surface area (Å²) in [6, 6.07) is 16.5. The first-order valence-electron chi connectivity index (χ1n) is 9.61. The molecule has 28 heavy (non-hydrogen) atoms. The number of hydrogen-bond acceptors (Lipinski definition) is 4. The van der Waals surface area contributed by atoms with Crippen molar-refractivity contribution in [1.29, 1.82) is 0 Å². The number of aromatic carboxylic acids is 1. The van der Waals surface area contributed by atoms with E-state index in [9.17, 15) is 14.7 Å². The van der Waals surface area contributed by atoms with Crippen LogP contribution in [0, 0.1) is 0 Å². The van der Waals surface area contributed by atoms with Gasteiger partial charge in [0.15, 0.2) is 0 Å². The van der Waals surface area contributed by atoms with Gasteiger partial charge in [-0.05, 0) is 44.7 Å². The Morgan fingerprint density at radius 3 is 2.32 bits per heavy atom. The molecule has 3 rings (SSSR count). The third-order valence-corrected chi connectivity index (χ3v) is 5.50. The van der Waals surface area contributed by atoms with Crippen molar-refractivity contribution >= 4 is 11.9 Å². The molecule has 0 spiro atoms. The molecule has 1 atom stereocenters. The van der Waals surface area contributed by atoms with Crippen LogP contribution in [0.25, 0.3) is 0 Å². The minimum atomic E-state index is -1.35. The third kappa shape index (κ3) is 4.42. The van der Waals surface area contributed by atoms with Crippen LogP contribution in [0.2, 0.25) is 0 Å². The van der Waals surface area contributed by atoms with Gasteiger partial charge in [0, 0.05) is 29.7 Å². The Kier molecular flexibility index (Phi) is 5.84. The van der Waals surface area contributed by atoms with Gasteiger partial charge in [0.1, 0.15) is 0 Å². The van der Waals surface area contributed by atoms with Crippen LogP contribution in [0.3, 0.4) is 0 Å². The molecule has 0 aromatic heterocycles. The highest BCUT2D eigenvalue weighted by Gasteiger charge is 2.41. The van der Waals surface area contributed by atoms with E-state index < -0.39 is 11.9 Å². The van der Waals surface area contributed by atoms with E-state index in [2.05, 4.69) is 31.3 Å². The normalized spacial score (nSPS) is 21.1. The Morgan fingerprint density at radius 1 is 1.04 bits per heavy atom. The standard InChI is InChI=1S/C23H27NO4/c1-22(2)16-23(13-15-28-22,17-8-4-3-5-9-17)12-14-24-20(25)18-10-6-7-11-19(18)21(26)27/h3-11H,12-16H2,1-2H3,(H,24,25)(H,26,27)/p-1/t23-/m0/s1. The number of carboxylic acids is 1. The van der Waals surface area contributed by atoms with Crippen molar-refractivity contribution in [2.24, 2.45) is 0 Å². The number of ether oxygens (including phenoxy) is 1. The maximum Gasteiger partial charge on any atom is 0.251 e. The summed E-state index contributed by atoms with van der Waals surface area (Å²) >= 11 is 0. The molecule has 1 heterocycles. The average molecular weight is 380 g/mol. The fourth-order valence-corrected chi connectivity index (χ4v) is 4.24. The molecule has 148 valence electrons. The molecule has 0 unspecified atom stereocenters. The van der Waals surface area contributed by atoms with Crippen molar-refractivity contribution in [2.45, 2.75) is 44.1 Å². The summed E-state index contributed by atoms with van der Waals surface area (Å²) in [6.45, 7) is 5.31. The van der Waals surface area contributed by atoms with Gasteiger partial charge >= 0.3 is 0 Å². The zero-order valence-corrected chi connectivity index (χ0v) is 16.4. The molecule has 0 bridgehead atoms. The molecule has 1 N–H and O–H groups in total. The monoisotopic (exact) mass is 380 g/mol. The van der Waals surface area contributed by atoms with Gasteiger partial charge in [-0.2, -0.15) is 0 Å². The smallest absolute Gasteiger partial charge is 0.251 e. The van der Waals surface area contributed by atoms with Crippen molar-refractivity contribution in [3.8, 4) is 0 Å². The number of benzene rings is 2. The predicted molar refractivity (Wildman–Crippen MR) is 105 cm³/mol. The lowest BCUT2D eigenvalue weighted by atomic mass is 9.67. The van der Waals surface area contributed by atoms with E-state index in [0.717, 1.165) is 19.3 Å². The van der Waals surface area contributed by atoms with E-state index in [1.165, 1.54) is 17.7 Å². The lowest BCUT2D eigenvalue weighted by Crippen LogP contribution is -2.45. The molecule has 1 aliphatic rings. The lowest BCUT2D eigenvalue weighted by molar-refractivity contribution is -0.255. The first-order valence-corrected chi connectivity index (χ1v) is 9.61. The molecule has 2 aromatic carbocycles. The van der Waals surface area contributed by atoms with Crippen LogP contribution < -0.4 is 10.4 Å². The van der Waals surface area contributed by atoms with Crippen molar-refractivity contribution in [3.63, 3.8) is 0 Å². The molecular weight excluding hydrogens is 354 g/mol. The van der Waals surface area contributed by atoms with Gasteiger partial charge in [-0.25, -0.2) is 0 Å². The second-order valence-corrected chi connectivity index (χ2v) is 8.02. The van der Waals surface area contributed by atoms with Crippen LogP contribution in [-0.2, 0) is 10.2 Å². The molecule has 2 aromatic rings. The number of hydrogen-bond donors (Lipinski definition) is 1. The van der Waals surface area contributed by atoms with Crippen LogP contribution in [0.15, 0.2) is 54.6 Å². The molecule has 1 aliphatic heterocycles. The van der Waals surface area contributed by atoms with Crippen LogP contribution >= 0.6 is 0 Å². The largest absolute Gasteiger partial charge is 0.545 e. The van der Waals surface area contributed by atoms with Crippen LogP contribution in [-0.4, -0.2) is 30.6 Å². The van der Waals surface area contributed by atoms with E-state index in [1.54, 1.807) is 12.1 Å². The average Bonchev–Trinajstić information content (AvgIpc) is 2.68. The predicted octanol–water partition coefficient (Wildman–Crippen LogP) is 2.70. The molecule has 1 amide bonds. The second kappa shape index (κ2) is 8.15. The highest BCUT2D eigenvalue weighted by atomic mass is 16.5. The fraction of sp³-hybridized carbons (Fsp3) is 0.391. The van der Waals surface area contributed by atoms with Gasteiger partial charge < -0.3 is 20.0 Å². The zero-order chi connectivity index (χ0) is 20.2. The number of carbonyl (C=O) groups excluding carboxylic acids is 2. The number of carboxylic acid groups (broad SMARTS) is 1. The van der Waals surface area contributed by atoms with Crippen LogP contribution in [0.1, 0.15) is 59.4 Å². The fourth-order valence-electron chi connectivity index (χ4n) is 4.24. The zero-order valence-electron chi connectivity index (χ0n) is 16.4. The van der Waals surface area contributed by atoms with Crippen molar-refractivity contribution in [2.75, 3.05) is 13.2 Å². The molecule has 1 fully saturated rings. The first-order chi connectivity index (χ1) is 13.3. The SMILES string of the molecule is CC1(C)C[C@@](CCNC(=O)c2ccccc2C(=O)[O-])(c2ccccc2)CCO1. The van der Waals surface area contributed by atoms with Gasteiger partial charge in [0.2, 0.25) is 0 Å². The van der Waals surface area contributed by atoms with E-state index >= 15 is 0 Å². The highest BCUT2D eigenvalue weighted by Crippen LogP contribution is 2.43. The molecule has 1 saturated heterocycles. The van der Waals surface area contributed by atoms with Gasteiger partial charge in [-0.3, -0.25) is 4.79 Å². The van der Waals surface area contributed by atoms with Gasteiger partial charge in [0.05, 0.1) is 11.6 Å². The highest BCUT2D eigenvalue weighted by molar-refractivity contribution is 6.04. The Hall–Kier alpha value is -2.66. The van der Waals surface area contributed by atoms with Crippen LogP contribution in [0.4, 0.5) is 0 Å². The summed E-state index contributed by atoms with van der Waals surface area (Å²) < 4.78 is 5.92. The van der Waals surface area contributed by atoms with Gasteiger partial charge in [-0.15, -0.1) is 0 Å². The molecular formula is C23H26NO4-. The van der Waals surface area contributed by atoms with E-state index in [4.69, 9.17) is 4.74 Å². The topological polar surface area (TPSA) is 78.5 Å². The lowest BCUT2D eigenvalue weighted by Gasteiger charge is -2.45. The van der Waals surface area contributed by atoms with E-state index in [-0.39, 0.29) is 22.1 Å². The maximum atomic E-state index is 12.6. The van der Waals surface area contributed by atoms with Crippen molar-refractivity contribution < 1.29 is 19.4 Å². The number of carbonyl (C=O) groups is 2. The quantitative estimate of drug-likeness (QED) is 0.836. The first kappa shape index (κ1) is 20.1. The summed E-state index contributed by atoms with van der Waals surface area (Å²) in [6.07, 6.45) is 2.49. The summed E-state index contributed by atoms with van der Waals surface area (Å²) in [5, 5.41) is 14.1. The summed E-state index contributed by atoms with van der Waals surface area (Å²) in [5.41, 5.74) is 0.952. The van der Waals surface area contributed by atoms with Crippen molar-refractivity contribution in [1.82, 2.24) is 5.32 Å². The van der Waals surface area contributed by atoms with E-state index in [1.807, 2.05) is 18.2 Å². The minimum absolute atomic E-state index is 0.0926. The summed E-state index contributed by atoms with van der Waals surface area (Å²) in [7, 11) is 0. The minimum Gasteiger partial charge on any atom is -0.545 e. The molecule has 5 nitrogen and oxygen atoms in total. The molecule has 0 aliphatic carbocycles.